The van der Waals surface area contributed by atoms with Gasteiger partial charge in [-0.1, -0.05) is 0 Å². The summed E-state index contributed by atoms with van der Waals surface area (Å²) in [5, 5.41) is 3.99. The zero-order valence-electron chi connectivity index (χ0n) is 9.45. The Kier molecular flexibility index (Phi) is 3.15. The van der Waals surface area contributed by atoms with E-state index in [0.29, 0.717) is 16.1 Å². The van der Waals surface area contributed by atoms with Gasteiger partial charge in [0.15, 0.2) is 5.16 Å². The van der Waals surface area contributed by atoms with E-state index < -0.39 is 0 Å². The molecule has 0 atom stereocenters. The highest BCUT2D eigenvalue weighted by molar-refractivity contribution is 7.99. The molecule has 0 aliphatic carbocycles. The molecule has 4 N–H and O–H groups in total. The number of hydrogen-bond donors (Lipinski definition) is 3. The van der Waals surface area contributed by atoms with Crippen LogP contribution >= 0.6 is 23.1 Å². The Bertz CT molecular complexity index is 783. The Labute approximate surface area is 115 Å². The van der Waals surface area contributed by atoms with E-state index in [1.807, 2.05) is 11.4 Å². The minimum absolute atomic E-state index is 0.203. The first-order valence-electron chi connectivity index (χ1n) is 5.21. The third kappa shape index (κ3) is 2.43. The van der Waals surface area contributed by atoms with Crippen molar-refractivity contribution >= 4 is 39.3 Å². The van der Waals surface area contributed by atoms with Gasteiger partial charge in [-0.25, -0.2) is 20.8 Å². The van der Waals surface area contributed by atoms with Crippen LogP contribution in [0.1, 0.15) is 0 Å². The van der Waals surface area contributed by atoms with Gasteiger partial charge in [0.05, 0.1) is 0 Å². The molecule has 3 rings (SSSR count). The van der Waals surface area contributed by atoms with Crippen molar-refractivity contribution in [2.24, 2.45) is 5.84 Å². The summed E-state index contributed by atoms with van der Waals surface area (Å²) in [7, 11) is 0. The Hall–Kier alpha value is -1.97. The Morgan fingerprint density at radius 2 is 2.26 bits per heavy atom. The summed E-state index contributed by atoms with van der Waals surface area (Å²) in [5.74, 6) is 5.67. The first-order valence-corrected chi connectivity index (χ1v) is 6.91. The van der Waals surface area contributed by atoms with Gasteiger partial charge in [-0.2, -0.15) is 0 Å². The van der Waals surface area contributed by atoms with Gasteiger partial charge in [-0.3, -0.25) is 10.2 Å². The molecule has 0 amide bonds. The number of aromatic nitrogens is 4. The molecule has 0 saturated carbocycles. The average Bonchev–Trinajstić information content (AvgIpc) is 2.87. The molecule has 3 aromatic rings. The first-order chi connectivity index (χ1) is 9.26. The highest BCUT2D eigenvalue weighted by atomic mass is 32.2. The van der Waals surface area contributed by atoms with Crippen LogP contribution in [0, 0.1) is 0 Å². The van der Waals surface area contributed by atoms with Gasteiger partial charge >= 0.3 is 0 Å². The maximum atomic E-state index is 11.2. The van der Waals surface area contributed by atoms with E-state index in [1.54, 1.807) is 0 Å². The topological polar surface area (TPSA) is 110 Å². The molecule has 96 valence electrons. The number of fused-ring (bicyclic) bond motifs is 1. The van der Waals surface area contributed by atoms with Crippen LogP contribution < -0.4 is 16.8 Å². The van der Waals surface area contributed by atoms with Gasteiger partial charge in [0.1, 0.15) is 9.86 Å². The zero-order chi connectivity index (χ0) is 13.2. The van der Waals surface area contributed by atoms with Gasteiger partial charge in [0, 0.05) is 17.6 Å². The summed E-state index contributed by atoms with van der Waals surface area (Å²) < 4.78 is 0. The minimum Gasteiger partial charge on any atom is -0.301 e. The molecule has 3 heterocycles. The van der Waals surface area contributed by atoms with Gasteiger partial charge in [-0.05, 0) is 23.2 Å². The van der Waals surface area contributed by atoms with Crippen LogP contribution in [-0.4, -0.2) is 19.9 Å². The number of nitrogen functional groups attached to an aromatic ring is 1. The standard InChI is InChI=1S/C10H8N6OS2/c11-16-9-14-7-5(2-4-18-7)8(15-9)19-10-12-3-1-6(17)13-10/h1-4H,11H2,(H,12,13,17)(H,14,15,16). The molecule has 0 aliphatic heterocycles. The lowest BCUT2D eigenvalue weighted by Crippen LogP contribution is -2.10. The average molecular weight is 292 g/mol. The van der Waals surface area contributed by atoms with Crippen LogP contribution in [0.3, 0.4) is 0 Å². The highest BCUT2D eigenvalue weighted by Gasteiger charge is 2.11. The Morgan fingerprint density at radius 1 is 1.37 bits per heavy atom. The lowest BCUT2D eigenvalue weighted by Gasteiger charge is -2.04. The zero-order valence-corrected chi connectivity index (χ0v) is 11.1. The van der Waals surface area contributed by atoms with E-state index in [1.165, 1.54) is 35.4 Å². The summed E-state index contributed by atoms with van der Waals surface area (Å²) in [4.78, 5) is 27.3. The highest BCUT2D eigenvalue weighted by Crippen LogP contribution is 2.32. The second-order valence-electron chi connectivity index (χ2n) is 3.48. The van der Waals surface area contributed by atoms with Crippen LogP contribution in [0.4, 0.5) is 5.95 Å². The fourth-order valence-corrected chi connectivity index (χ4v) is 3.15. The molecular weight excluding hydrogens is 284 g/mol. The monoisotopic (exact) mass is 292 g/mol. The largest absolute Gasteiger partial charge is 0.301 e. The second-order valence-corrected chi connectivity index (χ2v) is 5.35. The van der Waals surface area contributed by atoms with Crippen molar-refractivity contribution in [2.45, 2.75) is 10.2 Å². The fourth-order valence-electron chi connectivity index (χ4n) is 1.47. The smallest absolute Gasteiger partial charge is 0.251 e. The van der Waals surface area contributed by atoms with E-state index in [-0.39, 0.29) is 5.56 Å². The van der Waals surface area contributed by atoms with Crippen molar-refractivity contribution in [1.29, 1.82) is 0 Å². The summed E-state index contributed by atoms with van der Waals surface area (Å²) in [6.07, 6.45) is 1.45. The molecule has 0 spiro atoms. The van der Waals surface area contributed by atoms with Crippen LogP contribution in [0.15, 0.2) is 38.7 Å². The maximum Gasteiger partial charge on any atom is 0.251 e. The molecule has 0 fully saturated rings. The van der Waals surface area contributed by atoms with Crippen molar-refractivity contribution in [1.82, 2.24) is 19.9 Å². The number of thiophene rings is 1. The van der Waals surface area contributed by atoms with E-state index in [0.717, 1.165) is 10.2 Å². The predicted molar refractivity (Wildman–Crippen MR) is 74.2 cm³/mol. The SMILES string of the molecule is NNc1nc(Sc2nccc(=O)[nH]2)c2ccsc2n1. The molecule has 19 heavy (non-hydrogen) atoms. The third-order valence-corrected chi connectivity index (χ3v) is 3.97. The van der Waals surface area contributed by atoms with Crippen LogP contribution in [0.5, 0.6) is 0 Å². The predicted octanol–water partition coefficient (Wildman–Crippen LogP) is 1.21. The summed E-state index contributed by atoms with van der Waals surface area (Å²) in [6.45, 7) is 0. The van der Waals surface area contributed by atoms with Crippen LogP contribution in [0.25, 0.3) is 10.2 Å². The number of hydrazine groups is 1. The molecule has 0 bridgehead atoms. The summed E-state index contributed by atoms with van der Waals surface area (Å²) in [5.41, 5.74) is 2.22. The van der Waals surface area contributed by atoms with E-state index >= 15 is 0 Å². The third-order valence-electron chi connectivity index (χ3n) is 2.26. The summed E-state index contributed by atoms with van der Waals surface area (Å²) in [6, 6.07) is 3.28. The number of hydrogen-bond acceptors (Lipinski definition) is 8. The quantitative estimate of drug-likeness (QED) is 0.288. The van der Waals surface area contributed by atoms with Crippen molar-refractivity contribution in [3.8, 4) is 0 Å². The molecular formula is C10H8N6OS2. The van der Waals surface area contributed by atoms with E-state index in [2.05, 4.69) is 25.4 Å². The van der Waals surface area contributed by atoms with Crippen LogP contribution in [0.2, 0.25) is 0 Å². The van der Waals surface area contributed by atoms with E-state index in [9.17, 15) is 4.79 Å². The minimum atomic E-state index is -0.203. The molecule has 0 aromatic carbocycles. The number of nitrogens with zero attached hydrogens (tertiary/aromatic N) is 3. The summed E-state index contributed by atoms with van der Waals surface area (Å²) >= 11 is 2.75. The number of anilines is 1. The lowest BCUT2D eigenvalue weighted by atomic mass is 10.4. The van der Waals surface area contributed by atoms with Crippen molar-refractivity contribution in [3.05, 3.63) is 34.1 Å². The van der Waals surface area contributed by atoms with Crippen LogP contribution in [-0.2, 0) is 0 Å². The molecule has 0 radical (unpaired) electrons. The fraction of sp³-hybridized carbons (Fsp3) is 0. The van der Waals surface area contributed by atoms with Crippen molar-refractivity contribution < 1.29 is 0 Å². The molecule has 0 saturated heterocycles. The number of nitrogens with two attached hydrogens (primary N) is 1. The second kappa shape index (κ2) is 4.96. The molecule has 3 aromatic heterocycles. The molecule has 0 aliphatic rings. The molecule has 9 heteroatoms. The van der Waals surface area contributed by atoms with Crippen molar-refractivity contribution in [2.75, 3.05) is 5.43 Å². The number of aromatic amines is 1. The molecule has 7 nitrogen and oxygen atoms in total. The lowest BCUT2D eigenvalue weighted by molar-refractivity contribution is 0.932. The van der Waals surface area contributed by atoms with Gasteiger partial charge in [0.2, 0.25) is 5.95 Å². The maximum absolute atomic E-state index is 11.2. The first kappa shape index (κ1) is 12.1. The van der Waals surface area contributed by atoms with Crippen molar-refractivity contribution in [3.63, 3.8) is 0 Å². The number of H-pyrrole nitrogens is 1. The normalized spacial score (nSPS) is 10.8. The Balaban J connectivity index is 2.08. The van der Waals surface area contributed by atoms with Gasteiger partial charge < -0.3 is 4.98 Å². The van der Waals surface area contributed by atoms with E-state index in [4.69, 9.17) is 5.84 Å². The molecule has 0 unspecified atom stereocenters. The van der Waals surface area contributed by atoms with Gasteiger partial charge in [0.25, 0.3) is 5.56 Å². The Morgan fingerprint density at radius 3 is 3.05 bits per heavy atom. The number of nitrogens with one attached hydrogen (secondary N) is 2. The number of rotatable bonds is 3. The van der Waals surface area contributed by atoms with Gasteiger partial charge in [-0.15, -0.1) is 11.3 Å².